The highest BCUT2D eigenvalue weighted by atomic mass is 35.5. The Hall–Kier alpha value is -3.40. The zero-order valence-electron chi connectivity index (χ0n) is 18.3. The Bertz CT molecular complexity index is 1260. The minimum atomic E-state index is -4.76. The molecule has 0 saturated heterocycles. The molecule has 2 heterocycles. The molecule has 5 nitrogen and oxygen atoms in total. The Morgan fingerprint density at radius 2 is 1.94 bits per heavy atom. The van der Waals surface area contributed by atoms with E-state index in [1.54, 1.807) is 12.1 Å². The summed E-state index contributed by atoms with van der Waals surface area (Å²) < 4.78 is 74.0. The van der Waals surface area contributed by atoms with Gasteiger partial charge in [-0.05, 0) is 55.7 Å². The van der Waals surface area contributed by atoms with Crippen molar-refractivity contribution in [2.75, 3.05) is 17.2 Å². The van der Waals surface area contributed by atoms with Crippen molar-refractivity contribution in [1.29, 1.82) is 0 Å². The van der Waals surface area contributed by atoms with E-state index < -0.39 is 46.8 Å². The highest BCUT2D eigenvalue weighted by molar-refractivity contribution is 6.34. The smallest absolute Gasteiger partial charge is 0.425 e. The number of hydrogen-bond donors (Lipinski definition) is 2. The molecule has 0 radical (unpaired) electrons. The van der Waals surface area contributed by atoms with Crippen LogP contribution >= 0.6 is 11.6 Å². The van der Waals surface area contributed by atoms with Gasteiger partial charge in [-0.2, -0.15) is 13.2 Å². The Balaban J connectivity index is 1.77. The fourth-order valence-corrected chi connectivity index (χ4v) is 3.77. The van der Waals surface area contributed by atoms with Crippen LogP contribution in [0.3, 0.4) is 0 Å². The average molecular weight is 512 g/mol. The lowest BCUT2D eigenvalue weighted by atomic mass is 10.0. The number of amides is 1. The number of benzene rings is 2. The minimum absolute atomic E-state index is 0.143. The lowest BCUT2D eigenvalue weighted by Gasteiger charge is -2.21. The molecule has 2 aromatic carbocycles. The van der Waals surface area contributed by atoms with Gasteiger partial charge in [0.05, 0.1) is 22.0 Å². The first kappa shape index (κ1) is 24.7. The number of anilines is 2. The molecule has 11 heteroatoms. The second kappa shape index (κ2) is 9.69. The summed E-state index contributed by atoms with van der Waals surface area (Å²) in [5.41, 5.74) is -0.0618. The van der Waals surface area contributed by atoms with Gasteiger partial charge in [-0.25, -0.2) is 13.8 Å². The molecule has 1 aromatic heterocycles. The molecule has 0 fully saturated rings. The maximum Gasteiger partial charge on any atom is 0.425 e. The Morgan fingerprint density at radius 3 is 2.66 bits per heavy atom. The molecule has 1 aliphatic rings. The van der Waals surface area contributed by atoms with Crippen LogP contribution < -0.4 is 15.4 Å². The van der Waals surface area contributed by atoms with Gasteiger partial charge in [0.15, 0.2) is 6.10 Å². The maximum atomic E-state index is 15.2. The zero-order chi connectivity index (χ0) is 25.3. The van der Waals surface area contributed by atoms with E-state index in [9.17, 15) is 22.4 Å². The number of ether oxygens (including phenoxy) is 1. The van der Waals surface area contributed by atoms with E-state index in [4.69, 9.17) is 16.3 Å². The van der Waals surface area contributed by atoms with Gasteiger partial charge < -0.3 is 15.4 Å². The van der Waals surface area contributed by atoms with Gasteiger partial charge in [0, 0.05) is 12.1 Å². The number of para-hydroxylation sites is 1. The molecule has 0 saturated carbocycles. The predicted octanol–water partition coefficient (Wildman–Crippen LogP) is 6.62. The summed E-state index contributed by atoms with van der Waals surface area (Å²) in [6.07, 6.45) is -5.38. The van der Waals surface area contributed by atoms with Crippen molar-refractivity contribution in [3.63, 3.8) is 0 Å². The molecule has 184 valence electrons. The number of aryl methyl sites for hydroxylation is 1. The fraction of sp³-hybridized carbons (Fsp3) is 0.250. The number of alkyl halides is 3. The van der Waals surface area contributed by atoms with Gasteiger partial charge in [-0.3, -0.25) is 4.79 Å². The third-order valence-electron chi connectivity index (χ3n) is 5.45. The number of aromatic nitrogens is 1. The van der Waals surface area contributed by atoms with Gasteiger partial charge in [-0.1, -0.05) is 23.7 Å². The molecule has 3 aromatic rings. The van der Waals surface area contributed by atoms with Crippen LogP contribution in [0.1, 0.15) is 29.3 Å². The van der Waals surface area contributed by atoms with E-state index in [1.165, 1.54) is 12.1 Å². The van der Waals surface area contributed by atoms with E-state index in [0.717, 1.165) is 43.5 Å². The van der Waals surface area contributed by atoms with Gasteiger partial charge in [0.1, 0.15) is 23.2 Å². The highest BCUT2D eigenvalue weighted by Crippen LogP contribution is 2.35. The summed E-state index contributed by atoms with van der Waals surface area (Å²) >= 11 is 5.92. The number of nitrogens with one attached hydrogen (secondary N) is 2. The quantitative estimate of drug-likeness (QED) is 0.378. The Kier molecular flexibility index (Phi) is 6.84. The summed E-state index contributed by atoms with van der Waals surface area (Å²) in [4.78, 5) is 17.3. The van der Waals surface area contributed by atoms with E-state index in [2.05, 4.69) is 15.6 Å². The number of carbonyl (C=O) groups is 1. The summed E-state index contributed by atoms with van der Waals surface area (Å²) in [5.74, 6) is -2.91. The highest BCUT2D eigenvalue weighted by Gasteiger charge is 2.39. The van der Waals surface area contributed by atoms with Crippen LogP contribution in [-0.4, -0.2) is 29.7 Å². The summed E-state index contributed by atoms with van der Waals surface area (Å²) in [7, 11) is 0. The molecule has 1 aliphatic heterocycles. The van der Waals surface area contributed by atoms with Crippen LogP contribution in [0.25, 0.3) is 11.3 Å². The van der Waals surface area contributed by atoms with Crippen LogP contribution in [0.2, 0.25) is 5.02 Å². The van der Waals surface area contributed by atoms with Crippen LogP contribution in [0, 0.1) is 11.6 Å². The normalized spacial score (nSPS) is 14.0. The monoisotopic (exact) mass is 511 g/mol. The van der Waals surface area contributed by atoms with Crippen LogP contribution in [0.15, 0.2) is 42.5 Å². The molecule has 2 N–H and O–H groups in total. The first-order chi connectivity index (χ1) is 16.5. The van der Waals surface area contributed by atoms with Crippen molar-refractivity contribution in [1.82, 2.24) is 4.98 Å². The number of rotatable bonds is 5. The minimum Gasteiger partial charge on any atom is -0.480 e. The van der Waals surface area contributed by atoms with Crippen molar-refractivity contribution in [2.24, 2.45) is 0 Å². The molecular weight excluding hydrogens is 493 g/mol. The molecule has 1 atom stereocenters. The number of carbonyl (C=O) groups excluding carboxylic acids is 1. The number of fused-ring (bicyclic) bond motifs is 1. The zero-order valence-corrected chi connectivity index (χ0v) is 19.0. The third kappa shape index (κ3) is 5.32. The Morgan fingerprint density at radius 1 is 1.17 bits per heavy atom. The summed E-state index contributed by atoms with van der Waals surface area (Å²) in [5, 5.41) is 5.13. The standard InChI is InChI=1S/C24H19ClF5N3O2/c1-12(24(28,29)30)35-20-11-14(19-8-7-13-4-3-9-31-22(13)32-19)18(27)10-15(20)23(34)33-21-16(25)5-2-6-17(21)26/h2,5-8,10-12H,3-4,9H2,1H3,(H,31,32)(H,33,34)/t12-/m0/s1. The van der Waals surface area contributed by atoms with Gasteiger partial charge in [-0.15, -0.1) is 0 Å². The van der Waals surface area contributed by atoms with E-state index in [0.29, 0.717) is 12.4 Å². The number of pyridine rings is 1. The average Bonchev–Trinajstić information content (AvgIpc) is 2.81. The van der Waals surface area contributed by atoms with Gasteiger partial charge in [0.2, 0.25) is 0 Å². The van der Waals surface area contributed by atoms with Crippen molar-refractivity contribution >= 4 is 29.0 Å². The molecule has 35 heavy (non-hydrogen) atoms. The summed E-state index contributed by atoms with van der Waals surface area (Å²) in [6.45, 7) is 1.43. The lowest BCUT2D eigenvalue weighted by molar-refractivity contribution is -0.189. The van der Waals surface area contributed by atoms with Gasteiger partial charge in [0.25, 0.3) is 5.91 Å². The molecule has 0 bridgehead atoms. The van der Waals surface area contributed by atoms with Crippen molar-refractivity contribution < 1.29 is 31.5 Å². The topological polar surface area (TPSA) is 63.2 Å². The van der Waals surface area contributed by atoms with Crippen molar-refractivity contribution in [3.8, 4) is 17.0 Å². The second-order valence-corrected chi connectivity index (χ2v) is 8.32. The van der Waals surface area contributed by atoms with Crippen LogP contribution in [0.5, 0.6) is 5.75 Å². The van der Waals surface area contributed by atoms with Crippen LogP contribution in [-0.2, 0) is 6.42 Å². The third-order valence-corrected chi connectivity index (χ3v) is 5.76. The van der Waals surface area contributed by atoms with Crippen molar-refractivity contribution in [3.05, 3.63) is 70.2 Å². The molecule has 4 rings (SSSR count). The molecule has 0 spiro atoms. The summed E-state index contributed by atoms with van der Waals surface area (Å²) in [6, 6.07) is 8.65. The molecular formula is C24H19ClF5N3O2. The first-order valence-electron chi connectivity index (χ1n) is 10.6. The number of nitrogens with zero attached hydrogens (tertiary/aromatic N) is 1. The van der Waals surface area contributed by atoms with Gasteiger partial charge >= 0.3 is 6.18 Å². The van der Waals surface area contributed by atoms with E-state index >= 15 is 4.39 Å². The first-order valence-corrected chi connectivity index (χ1v) is 11.0. The second-order valence-electron chi connectivity index (χ2n) is 7.92. The maximum absolute atomic E-state index is 15.2. The Labute approximate surface area is 202 Å². The molecule has 1 amide bonds. The number of hydrogen-bond acceptors (Lipinski definition) is 4. The molecule has 0 unspecified atom stereocenters. The lowest BCUT2D eigenvalue weighted by Crippen LogP contribution is -2.32. The van der Waals surface area contributed by atoms with Crippen LogP contribution in [0.4, 0.5) is 33.5 Å². The SMILES string of the molecule is C[C@H](Oc1cc(-c2ccc3c(n2)NCCC3)c(F)cc1C(=O)Nc1c(F)cccc1Cl)C(F)(F)F. The van der Waals surface area contributed by atoms with Crippen molar-refractivity contribution in [2.45, 2.75) is 32.0 Å². The fourth-order valence-electron chi connectivity index (χ4n) is 3.56. The van der Waals surface area contributed by atoms with E-state index in [-0.39, 0.29) is 16.3 Å². The molecule has 0 aliphatic carbocycles. The number of halogens is 6. The largest absolute Gasteiger partial charge is 0.480 e. The predicted molar refractivity (Wildman–Crippen MR) is 122 cm³/mol. The van der Waals surface area contributed by atoms with E-state index in [1.807, 2.05) is 0 Å².